The second kappa shape index (κ2) is 7.06. The number of hydrogen-bond donors (Lipinski definition) is 2. The molecule has 0 saturated heterocycles. The third kappa shape index (κ3) is 3.08. The largest absolute Gasteiger partial charge is 0.341 e. The van der Waals surface area contributed by atoms with E-state index in [1.165, 1.54) is 41.1 Å². The molecule has 31 heavy (non-hydrogen) atoms. The highest BCUT2D eigenvalue weighted by Gasteiger charge is 2.54. The molecule has 0 aliphatic heterocycles. The Bertz CT molecular complexity index is 1170. The van der Waals surface area contributed by atoms with Crippen molar-refractivity contribution in [1.29, 1.82) is 0 Å². The number of aryl methyl sites for hydroxylation is 1. The maximum atomic E-state index is 13.3. The van der Waals surface area contributed by atoms with Crippen LogP contribution in [-0.4, -0.2) is 15.6 Å². The summed E-state index contributed by atoms with van der Waals surface area (Å²) in [5.41, 5.74) is 3.20. The molecule has 0 unspecified atom stereocenters. The van der Waals surface area contributed by atoms with Gasteiger partial charge in [0.05, 0.1) is 5.41 Å². The second-order valence-electron chi connectivity index (χ2n) is 10.1. The number of aromatic nitrogens is 1. The number of fused-ring (bicyclic) bond motifs is 3. The number of carbonyl (C=O) groups excluding carboxylic acids is 1. The van der Waals surface area contributed by atoms with Crippen LogP contribution >= 0.6 is 12.2 Å². The third-order valence-corrected chi connectivity index (χ3v) is 8.30. The molecule has 4 fully saturated rings. The van der Waals surface area contributed by atoms with Gasteiger partial charge in [-0.15, -0.1) is 0 Å². The van der Waals surface area contributed by atoms with Crippen LogP contribution in [0.2, 0.25) is 0 Å². The molecule has 5 heteroatoms. The SMILES string of the molecule is CCn1c2ccccc2c2cc(NC(=S)NC(=O)C34CC5CC(CC(C5)C3)C4)ccc21. The first kappa shape index (κ1) is 19.3. The van der Waals surface area contributed by atoms with Crippen LogP contribution in [0, 0.1) is 23.2 Å². The fraction of sp³-hybridized carbons (Fsp3) is 0.462. The number of nitrogens with one attached hydrogen (secondary N) is 2. The van der Waals surface area contributed by atoms with Crippen LogP contribution in [0.4, 0.5) is 5.69 Å². The monoisotopic (exact) mass is 431 g/mol. The minimum absolute atomic E-state index is 0.146. The summed E-state index contributed by atoms with van der Waals surface area (Å²) in [6, 6.07) is 14.8. The number of para-hydroxylation sites is 1. The zero-order valence-electron chi connectivity index (χ0n) is 18.0. The average molecular weight is 432 g/mol. The summed E-state index contributed by atoms with van der Waals surface area (Å²) in [7, 11) is 0. The summed E-state index contributed by atoms with van der Waals surface area (Å²) >= 11 is 5.57. The van der Waals surface area contributed by atoms with Crippen LogP contribution in [0.25, 0.3) is 21.8 Å². The quantitative estimate of drug-likeness (QED) is 0.512. The fourth-order valence-corrected chi connectivity index (χ4v) is 7.47. The van der Waals surface area contributed by atoms with E-state index in [1.807, 2.05) is 0 Å². The van der Waals surface area contributed by atoms with Gasteiger partial charge in [-0.05, 0) is 99.7 Å². The van der Waals surface area contributed by atoms with Gasteiger partial charge in [0.25, 0.3) is 0 Å². The highest BCUT2D eigenvalue weighted by Crippen LogP contribution is 2.60. The molecule has 4 saturated carbocycles. The summed E-state index contributed by atoms with van der Waals surface area (Å²) in [6.45, 7) is 3.10. The van der Waals surface area contributed by atoms with Crippen molar-refractivity contribution >= 4 is 50.7 Å². The van der Waals surface area contributed by atoms with Crippen LogP contribution < -0.4 is 10.6 Å². The standard InChI is InChI=1S/C26H29N3OS/c1-2-29-22-6-4-3-5-20(22)21-12-19(7-8-23(21)29)27-25(31)28-24(30)26-13-16-9-17(14-26)11-18(10-16)15-26/h3-8,12,16-18H,2,9-11,13-15H2,1H3,(H2,27,28,30,31). The summed E-state index contributed by atoms with van der Waals surface area (Å²) < 4.78 is 2.33. The first-order valence-electron chi connectivity index (χ1n) is 11.7. The molecule has 0 spiro atoms. The maximum absolute atomic E-state index is 13.3. The molecule has 1 amide bonds. The molecule has 4 aliphatic rings. The molecule has 3 aromatic rings. The number of rotatable bonds is 3. The lowest BCUT2D eigenvalue weighted by atomic mass is 9.49. The van der Waals surface area contributed by atoms with Crippen molar-refractivity contribution in [2.75, 3.05) is 5.32 Å². The Morgan fingerprint density at radius 1 is 1.00 bits per heavy atom. The van der Waals surface area contributed by atoms with Gasteiger partial charge in [0.15, 0.2) is 5.11 Å². The zero-order chi connectivity index (χ0) is 21.2. The smallest absolute Gasteiger partial charge is 0.232 e. The molecule has 1 aromatic heterocycles. The number of benzene rings is 2. The molecule has 0 radical (unpaired) electrons. The van der Waals surface area contributed by atoms with E-state index >= 15 is 0 Å². The molecule has 4 bridgehead atoms. The van der Waals surface area contributed by atoms with Gasteiger partial charge < -0.3 is 15.2 Å². The molecule has 2 N–H and O–H groups in total. The number of hydrogen-bond acceptors (Lipinski definition) is 2. The summed E-state index contributed by atoms with van der Waals surface area (Å²) in [5, 5.41) is 9.21. The minimum Gasteiger partial charge on any atom is -0.341 e. The lowest BCUT2D eigenvalue weighted by molar-refractivity contribution is -0.144. The molecule has 1 heterocycles. The summed E-state index contributed by atoms with van der Waals surface area (Å²) in [4.78, 5) is 13.3. The normalized spacial score (nSPS) is 28.9. The van der Waals surface area contributed by atoms with Crippen LogP contribution in [-0.2, 0) is 11.3 Å². The van der Waals surface area contributed by atoms with E-state index in [4.69, 9.17) is 12.2 Å². The predicted molar refractivity (Wildman–Crippen MR) is 130 cm³/mol. The lowest BCUT2D eigenvalue weighted by Crippen LogP contribution is -2.55. The van der Waals surface area contributed by atoms with E-state index in [2.05, 4.69) is 64.6 Å². The molecule has 4 aliphatic carbocycles. The van der Waals surface area contributed by atoms with Crippen LogP contribution in [0.3, 0.4) is 0 Å². The number of amides is 1. The topological polar surface area (TPSA) is 46.1 Å². The van der Waals surface area contributed by atoms with Gasteiger partial charge >= 0.3 is 0 Å². The van der Waals surface area contributed by atoms with Crippen molar-refractivity contribution in [1.82, 2.24) is 9.88 Å². The van der Waals surface area contributed by atoms with Gasteiger partial charge in [0.2, 0.25) is 5.91 Å². The van der Waals surface area contributed by atoms with E-state index in [0.717, 1.165) is 49.2 Å². The van der Waals surface area contributed by atoms with Crippen molar-refractivity contribution < 1.29 is 4.79 Å². The van der Waals surface area contributed by atoms with Gasteiger partial charge in [-0.1, -0.05) is 18.2 Å². The van der Waals surface area contributed by atoms with Gasteiger partial charge in [-0.3, -0.25) is 4.79 Å². The zero-order valence-corrected chi connectivity index (χ0v) is 18.8. The second-order valence-corrected chi connectivity index (χ2v) is 10.5. The first-order chi connectivity index (χ1) is 15.0. The van der Waals surface area contributed by atoms with E-state index < -0.39 is 0 Å². The van der Waals surface area contributed by atoms with E-state index in [1.54, 1.807) is 0 Å². The summed E-state index contributed by atoms with van der Waals surface area (Å²) in [5.74, 6) is 2.39. The Morgan fingerprint density at radius 2 is 1.65 bits per heavy atom. The number of thiocarbonyl (C=S) groups is 1. The van der Waals surface area contributed by atoms with Crippen molar-refractivity contribution in [2.24, 2.45) is 23.2 Å². The van der Waals surface area contributed by atoms with E-state index in [9.17, 15) is 4.79 Å². The lowest BCUT2D eigenvalue weighted by Gasteiger charge is -2.55. The summed E-state index contributed by atoms with van der Waals surface area (Å²) in [6.07, 6.45) is 7.16. The Kier molecular flexibility index (Phi) is 4.39. The Morgan fingerprint density at radius 3 is 2.32 bits per heavy atom. The van der Waals surface area contributed by atoms with Gasteiger partial charge in [-0.25, -0.2) is 0 Å². The molecular weight excluding hydrogens is 402 g/mol. The van der Waals surface area contributed by atoms with Crippen molar-refractivity contribution in [2.45, 2.75) is 52.0 Å². The van der Waals surface area contributed by atoms with Crippen molar-refractivity contribution in [3.8, 4) is 0 Å². The van der Waals surface area contributed by atoms with Crippen LogP contribution in [0.1, 0.15) is 45.4 Å². The minimum atomic E-state index is -0.182. The molecular formula is C26H29N3OS. The number of nitrogens with zero attached hydrogens (tertiary/aromatic N) is 1. The predicted octanol–water partition coefficient (Wildman–Crippen LogP) is 5.84. The number of anilines is 1. The molecule has 0 atom stereocenters. The van der Waals surface area contributed by atoms with E-state index in [0.29, 0.717) is 5.11 Å². The van der Waals surface area contributed by atoms with Gasteiger partial charge in [-0.2, -0.15) is 0 Å². The molecule has 160 valence electrons. The van der Waals surface area contributed by atoms with Crippen molar-refractivity contribution in [3.05, 3.63) is 42.5 Å². The molecule has 2 aromatic carbocycles. The highest BCUT2D eigenvalue weighted by molar-refractivity contribution is 7.80. The molecule has 7 rings (SSSR count). The molecule has 4 nitrogen and oxygen atoms in total. The number of carbonyl (C=O) groups is 1. The van der Waals surface area contributed by atoms with Crippen molar-refractivity contribution in [3.63, 3.8) is 0 Å². The highest BCUT2D eigenvalue weighted by atomic mass is 32.1. The van der Waals surface area contributed by atoms with Crippen LogP contribution in [0.5, 0.6) is 0 Å². The average Bonchev–Trinajstić information content (AvgIpc) is 3.06. The third-order valence-electron chi connectivity index (χ3n) is 8.09. The van der Waals surface area contributed by atoms with Crippen LogP contribution in [0.15, 0.2) is 42.5 Å². The van der Waals surface area contributed by atoms with Gasteiger partial charge in [0, 0.05) is 34.0 Å². The maximum Gasteiger partial charge on any atom is 0.232 e. The fourth-order valence-electron chi connectivity index (χ4n) is 7.26. The first-order valence-corrected chi connectivity index (χ1v) is 12.1. The van der Waals surface area contributed by atoms with E-state index in [-0.39, 0.29) is 11.3 Å². The Hall–Kier alpha value is -2.40. The Balaban J connectivity index is 1.22. The van der Waals surface area contributed by atoms with Gasteiger partial charge in [0.1, 0.15) is 0 Å². The Labute approximate surface area is 188 Å².